The molecule has 2 heterocycles. The minimum absolute atomic E-state index is 0.670. The molecule has 0 atom stereocenters. The Morgan fingerprint density at radius 1 is 1.19 bits per heavy atom. The lowest BCUT2D eigenvalue weighted by Gasteiger charge is -2.05. The number of aromatic nitrogens is 3. The van der Waals surface area contributed by atoms with Crippen LogP contribution in [0.4, 0.5) is 5.95 Å². The first-order chi connectivity index (χ1) is 7.78. The monoisotopic (exact) mass is 214 g/mol. The van der Waals surface area contributed by atoms with E-state index < -0.39 is 0 Å². The maximum absolute atomic E-state index is 4.40. The number of rotatable bonds is 3. The molecule has 0 aromatic carbocycles. The van der Waals surface area contributed by atoms with Crippen LogP contribution >= 0.6 is 0 Å². The van der Waals surface area contributed by atoms with Crippen LogP contribution < -0.4 is 5.32 Å². The van der Waals surface area contributed by atoms with E-state index in [-0.39, 0.29) is 0 Å². The van der Waals surface area contributed by atoms with Crippen LogP contribution in [0.3, 0.4) is 0 Å². The Labute approximate surface area is 94.8 Å². The molecule has 0 radical (unpaired) electrons. The second kappa shape index (κ2) is 4.70. The van der Waals surface area contributed by atoms with Gasteiger partial charge in [-0.15, -0.1) is 0 Å². The van der Waals surface area contributed by atoms with E-state index in [4.69, 9.17) is 0 Å². The molecule has 0 amide bonds. The van der Waals surface area contributed by atoms with Crippen LogP contribution in [0.25, 0.3) is 0 Å². The topological polar surface area (TPSA) is 50.7 Å². The van der Waals surface area contributed by atoms with E-state index in [1.165, 1.54) is 5.56 Å². The number of aryl methyl sites for hydroxylation is 1. The summed E-state index contributed by atoms with van der Waals surface area (Å²) < 4.78 is 0. The fourth-order valence-electron chi connectivity index (χ4n) is 1.55. The van der Waals surface area contributed by atoms with Crippen LogP contribution in [0.5, 0.6) is 0 Å². The summed E-state index contributed by atoms with van der Waals surface area (Å²) in [5.41, 5.74) is 3.20. The molecule has 0 saturated heterocycles. The summed E-state index contributed by atoms with van der Waals surface area (Å²) in [5.74, 6) is 0.670. The molecule has 4 nitrogen and oxygen atoms in total. The molecule has 82 valence electrons. The van der Waals surface area contributed by atoms with Crippen molar-refractivity contribution < 1.29 is 0 Å². The summed E-state index contributed by atoms with van der Waals surface area (Å²) in [7, 11) is 1.82. The molecule has 4 heteroatoms. The Kier molecular flexibility index (Phi) is 3.10. The lowest BCUT2D eigenvalue weighted by Crippen LogP contribution is -2.02. The van der Waals surface area contributed by atoms with Gasteiger partial charge in [-0.1, -0.05) is 0 Å². The fourth-order valence-corrected chi connectivity index (χ4v) is 1.55. The summed E-state index contributed by atoms with van der Waals surface area (Å²) in [5, 5.41) is 2.96. The summed E-state index contributed by atoms with van der Waals surface area (Å²) in [6.07, 6.45) is 4.39. The van der Waals surface area contributed by atoms with Crippen molar-refractivity contribution in [3.8, 4) is 0 Å². The molecule has 0 fully saturated rings. The van der Waals surface area contributed by atoms with Gasteiger partial charge in [0.15, 0.2) is 0 Å². The maximum Gasteiger partial charge on any atom is 0.222 e. The number of hydrogen-bond acceptors (Lipinski definition) is 4. The smallest absolute Gasteiger partial charge is 0.222 e. The average Bonchev–Trinajstić information content (AvgIpc) is 2.29. The molecule has 2 aromatic heterocycles. The number of pyridine rings is 1. The van der Waals surface area contributed by atoms with E-state index in [1.807, 2.05) is 32.2 Å². The molecule has 0 aliphatic rings. The van der Waals surface area contributed by atoms with Gasteiger partial charge in [0.2, 0.25) is 5.95 Å². The van der Waals surface area contributed by atoms with Crippen molar-refractivity contribution in [2.45, 2.75) is 13.3 Å². The highest BCUT2D eigenvalue weighted by Crippen LogP contribution is 2.09. The Bertz CT molecular complexity index is 468. The van der Waals surface area contributed by atoms with Crippen LogP contribution in [0, 0.1) is 6.92 Å². The molecule has 16 heavy (non-hydrogen) atoms. The predicted octanol–water partition coefficient (Wildman–Crippen LogP) is 1.81. The van der Waals surface area contributed by atoms with E-state index >= 15 is 0 Å². The van der Waals surface area contributed by atoms with Gasteiger partial charge in [-0.2, -0.15) is 0 Å². The standard InChI is InChI=1S/C12H14N4/c1-9-7-11(16-12(13-2)15-9)8-10-3-5-14-6-4-10/h3-7H,8H2,1-2H3,(H,13,15,16). The molecule has 0 aliphatic carbocycles. The van der Waals surface area contributed by atoms with Crippen molar-refractivity contribution in [1.29, 1.82) is 0 Å². The second-order valence-electron chi connectivity index (χ2n) is 3.61. The summed E-state index contributed by atoms with van der Waals surface area (Å²) >= 11 is 0. The Morgan fingerprint density at radius 2 is 1.94 bits per heavy atom. The molecule has 0 bridgehead atoms. The van der Waals surface area contributed by atoms with Gasteiger partial charge >= 0.3 is 0 Å². The molecule has 0 aliphatic heterocycles. The van der Waals surface area contributed by atoms with Gasteiger partial charge in [-0.25, -0.2) is 9.97 Å². The fraction of sp³-hybridized carbons (Fsp3) is 0.250. The Morgan fingerprint density at radius 3 is 2.62 bits per heavy atom. The highest BCUT2D eigenvalue weighted by Gasteiger charge is 2.01. The summed E-state index contributed by atoms with van der Waals surface area (Å²) in [6, 6.07) is 5.99. The molecule has 0 spiro atoms. The predicted molar refractivity (Wildman–Crippen MR) is 63.4 cm³/mol. The van der Waals surface area contributed by atoms with Gasteiger partial charge in [0.1, 0.15) is 0 Å². The molecule has 0 saturated carbocycles. The number of anilines is 1. The van der Waals surface area contributed by atoms with Gasteiger partial charge in [0, 0.05) is 31.6 Å². The third-order valence-electron chi connectivity index (χ3n) is 2.27. The van der Waals surface area contributed by atoms with Gasteiger partial charge in [0.05, 0.1) is 5.69 Å². The lowest BCUT2D eigenvalue weighted by molar-refractivity contribution is 0.997. The number of nitrogens with one attached hydrogen (secondary N) is 1. The highest BCUT2D eigenvalue weighted by atomic mass is 15.1. The summed E-state index contributed by atoms with van der Waals surface area (Å²) in [4.78, 5) is 12.7. The third kappa shape index (κ3) is 2.53. The Balaban J connectivity index is 2.24. The maximum atomic E-state index is 4.40. The van der Waals surface area contributed by atoms with E-state index in [2.05, 4.69) is 20.3 Å². The molecule has 2 aromatic rings. The van der Waals surface area contributed by atoms with Gasteiger partial charge in [-0.05, 0) is 30.7 Å². The first-order valence-corrected chi connectivity index (χ1v) is 5.19. The van der Waals surface area contributed by atoms with E-state index in [1.54, 1.807) is 12.4 Å². The Hall–Kier alpha value is -1.97. The SMILES string of the molecule is CNc1nc(C)cc(Cc2ccncc2)n1. The van der Waals surface area contributed by atoms with E-state index in [9.17, 15) is 0 Å². The number of nitrogens with zero attached hydrogens (tertiary/aromatic N) is 3. The number of hydrogen-bond donors (Lipinski definition) is 1. The minimum atomic E-state index is 0.670. The van der Waals surface area contributed by atoms with E-state index in [0.29, 0.717) is 5.95 Å². The van der Waals surface area contributed by atoms with Crippen molar-refractivity contribution in [2.24, 2.45) is 0 Å². The zero-order valence-corrected chi connectivity index (χ0v) is 9.44. The van der Waals surface area contributed by atoms with Crippen LogP contribution in [0.15, 0.2) is 30.6 Å². The molecule has 1 N–H and O–H groups in total. The third-order valence-corrected chi connectivity index (χ3v) is 2.27. The largest absolute Gasteiger partial charge is 0.357 e. The zero-order valence-electron chi connectivity index (χ0n) is 9.44. The highest BCUT2D eigenvalue weighted by molar-refractivity contribution is 5.29. The van der Waals surface area contributed by atoms with E-state index in [0.717, 1.165) is 17.8 Å². The van der Waals surface area contributed by atoms with Crippen LogP contribution in [0.1, 0.15) is 17.0 Å². The zero-order chi connectivity index (χ0) is 11.4. The quantitative estimate of drug-likeness (QED) is 0.846. The van der Waals surface area contributed by atoms with Crippen molar-refractivity contribution in [1.82, 2.24) is 15.0 Å². The average molecular weight is 214 g/mol. The van der Waals surface area contributed by atoms with Gasteiger partial charge in [-0.3, -0.25) is 4.98 Å². The van der Waals surface area contributed by atoms with Crippen molar-refractivity contribution in [2.75, 3.05) is 12.4 Å². The minimum Gasteiger partial charge on any atom is -0.357 e. The second-order valence-corrected chi connectivity index (χ2v) is 3.61. The van der Waals surface area contributed by atoms with Crippen LogP contribution in [-0.4, -0.2) is 22.0 Å². The first-order valence-electron chi connectivity index (χ1n) is 5.19. The van der Waals surface area contributed by atoms with Crippen molar-refractivity contribution in [3.63, 3.8) is 0 Å². The van der Waals surface area contributed by atoms with Crippen LogP contribution in [-0.2, 0) is 6.42 Å². The molecule has 0 unspecified atom stereocenters. The normalized spacial score (nSPS) is 10.1. The van der Waals surface area contributed by atoms with Gasteiger partial charge in [0.25, 0.3) is 0 Å². The van der Waals surface area contributed by atoms with Crippen LogP contribution in [0.2, 0.25) is 0 Å². The first kappa shape index (κ1) is 10.5. The van der Waals surface area contributed by atoms with Crippen molar-refractivity contribution in [3.05, 3.63) is 47.5 Å². The molecular formula is C12H14N4. The van der Waals surface area contributed by atoms with Gasteiger partial charge < -0.3 is 5.32 Å². The molecule has 2 rings (SSSR count). The molecular weight excluding hydrogens is 200 g/mol. The van der Waals surface area contributed by atoms with Crippen molar-refractivity contribution >= 4 is 5.95 Å². The summed E-state index contributed by atoms with van der Waals surface area (Å²) in [6.45, 7) is 1.97. The lowest BCUT2D eigenvalue weighted by atomic mass is 10.1.